The molecule has 0 spiro atoms. The molecule has 1 aromatic carbocycles. The maximum absolute atomic E-state index is 15.8. The number of hydrogen-bond donors (Lipinski definition) is 1. The molecule has 7 nitrogen and oxygen atoms in total. The summed E-state index contributed by atoms with van der Waals surface area (Å²) in [4.78, 5) is 22.1. The molecular weight excluding hydrogens is 646 g/mol. The van der Waals surface area contributed by atoms with Crippen LogP contribution in [0.3, 0.4) is 0 Å². The van der Waals surface area contributed by atoms with Gasteiger partial charge in [-0.1, -0.05) is 6.92 Å². The second-order valence-corrected chi connectivity index (χ2v) is 26.3. The van der Waals surface area contributed by atoms with E-state index in [1.54, 1.807) is 16.8 Å². The number of amides is 2. The van der Waals surface area contributed by atoms with Gasteiger partial charge in [0.1, 0.15) is 0 Å². The first-order chi connectivity index (χ1) is 20.9. The summed E-state index contributed by atoms with van der Waals surface area (Å²) in [5.41, 5.74) is 2.07. The van der Waals surface area contributed by atoms with Gasteiger partial charge in [0.05, 0.1) is 0 Å². The average Bonchev–Trinajstić information content (AvgIpc) is 3.77. The second kappa shape index (κ2) is 14.6. The summed E-state index contributed by atoms with van der Waals surface area (Å²) in [6, 6.07) is 8.07. The van der Waals surface area contributed by atoms with Crippen LogP contribution in [-0.2, 0) is 0 Å². The molecule has 2 aromatic heterocycles. The van der Waals surface area contributed by atoms with Crippen molar-refractivity contribution in [1.82, 2.24) is 19.5 Å². The average molecular weight is 698 g/mol. The zero-order chi connectivity index (χ0) is 30.4. The third-order valence-corrected chi connectivity index (χ3v) is 25.5. The Morgan fingerprint density at radius 3 is 2.40 bits per heavy atom. The normalized spacial score (nSPS) is 19.1. The van der Waals surface area contributed by atoms with Crippen LogP contribution < -0.4 is 13.8 Å². The van der Waals surface area contributed by atoms with E-state index in [0.717, 1.165) is 50.3 Å². The van der Waals surface area contributed by atoms with Crippen LogP contribution in [0.4, 0.5) is 20.7 Å². The molecule has 2 saturated heterocycles. The monoisotopic (exact) mass is 698 g/mol. The van der Waals surface area contributed by atoms with Crippen LogP contribution in [-0.4, -0.2) is 63.5 Å². The molecule has 9 heteroatoms. The number of nitrogens with one attached hydrogen (secondary N) is 1. The molecule has 2 fully saturated rings. The first kappa shape index (κ1) is 32.0. The van der Waals surface area contributed by atoms with Gasteiger partial charge in [-0.05, 0) is 12.3 Å². The summed E-state index contributed by atoms with van der Waals surface area (Å²) in [6.07, 6.45) is 14.0. The molecule has 5 rings (SSSR count). The molecule has 0 radical (unpaired) electrons. The summed E-state index contributed by atoms with van der Waals surface area (Å²) in [5, 5.41) is 7.47. The zero-order valence-corrected chi connectivity index (χ0v) is 29.6. The predicted molar refractivity (Wildman–Crippen MR) is 178 cm³/mol. The van der Waals surface area contributed by atoms with E-state index in [4.69, 9.17) is 4.98 Å². The number of aromatic nitrogens is 3. The number of rotatable bonds is 13. The molecule has 1 N–H and O–H groups in total. The van der Waals surface area contributed by atoms with Crippen LogP contribution in [0.25, 0.3) is 5.65 Å². The predicted octanol–water partition coefficient (Wildman–Crippen LogP) is 8.14. The molecule has 2 amide bonds. The topological polar surface area (TPSA) is 65.8 Å². The fourth-order valence-corrected chi connectivity index (χ4v) is 23.3. The Morgan fingerprint density at radius 1 is 1.02 bits per heavy atom. The van der Waals surface area contributed by atoms with Crippen LogP contribution in [0.15, 0.2) is 36.7 Å². The third-order valence-electron chi connectivity index (χ3n) is 9.85. The molecule has 0 aliphatic carbocycles. The summed E-state index contributed by atoms with van der Waals surface area (Å²) >= 11 is -2.72. The molecule has 2 aliphatic heterocycles. The van der Waals surface area contributed by atoms with Gasteiger partial charge in [-0.3, -0.25) is 0 Å². The minimum absolute atomic E-state index is 0.0468. The number of anilines is 2. The van der Waals surface area contributed by atoms with Gasteiger partial charge in [0.15, 0.2) is 0 Å². The van der Waals surface area contributed by atoms with Crippen molar-refractivity contribution >= 4 is 45.1 Å². The van der Waals surface area contributed by atoms with Crippen LogP contribution in [0.5, 0.6) is 0 Å². The summed E-state index contributed by atoms with van der Waals surface area (Å²) in [5.74, 6) is 1.23. The van der Waals surface area contributed by atoms with Crippen LogP contribution in [0, 0.1) is 11.7 Å². The molecule has 3 aromatic rings. The Labute approximate surface area is 261 Å². The van der Waals surface area contributed by atoms with Gasteiger partial charge in [-0.15, -0.1) is 0 Å². The summed E-state index contributed by atoms with van der Waals surface area (Å²) in [7, 11) is 0. The molecular formula is C34H51FN6OSn. The number of benzene rings is 1. The first-order valence-electron chi connectivity index (χ1n) is 16.9. The quantitative estimate of drug-likeness (QED) is 0.183. The Balaban J connectivity index is 1.44. The van der Waals surface area contributed by atoms with E-state index >= 15 is 4.39 Å². The van der Waals surface area contributed by atoms with Gasteiger partial charge in [0.2, 0.25) is 0 Å². The van der Waals surface area contributed by atoms with Crippen molar-refractivity contribution in [3.05, 3.63) is 48.0 Å². The van der Waals surface area contributed by atoms with E-state index in [2.05, 4.69) is 55.1 Å². The van der Waals surface area contributed by atoms with Crippen molar-refractivity contribution in [2.45, 2.75) is 105 Å². The van der Waals surface area contributed by atoms with Gasteiger partial charge in [-0.25, -0.2) is 0 Å². The number of urea groups is 1. The van der Waals surface area contributed by atoms with E-state index in [0.29, 0.717) is 17.3 Å². The second-order valence-electron chi connectivity index (χ2n) is 13.1. The van der Waals surface area contributed by atoms with Crippen LogP contribution in [0.2, 0.25) is 13.3 Å². The Bertz CT molecular complexity index is 1360. The van der Waals surface area contributed by atoms with E-state index in [9.17, 15) is 4.79 Å². The number of halogens is 1. The van der Waals surface area contributed by atoms with Gasteiger partial charge >= 0.3 is 230 Å². The number of carbonyl (C=O) groups excluding carboxylic acids is 1. The van der Waals surface area contributed by atoms with Crippen LogP contribution in [0.1, 0.15) is 97.1 Å². The van der Waals surface area contributed by atoms with Crippen molar-refractivity contribution in [1.29, 1.82) is 0 Å². The number of carbonyl (C=O) groups is 1. The summed E-state index contributed by atoms with van der Waals surface area (Å²) < 4.78 is 23.1. The molecule has 234 valence electrons. The molecule has 4 heterocycles. The number of likely N-dealkylation sites (tertiary alicyclic amines) is 1. The fraction of sp³-hybridized carbons (Fsp3) is 0.618. The third kappa shape index (κ3) is 7.15. The van der Waals surface area contributed by atoms with Crippen molar-refractivity contribution in [2.24, 2.45) is 5.92 Å². The molecule has 2 atom stereocenters. The molecule has 0 bridgehead atoms. The molecule has 43 heavy (non-hydrogen) atoms. The molecule has 0 saturated carbocycles. The Hall–Kier alpha value is -2.36. The van der Waals surface area contributed by atoms with Crippen molar-refractivity contribution < 1.29 is 9.18 Å². The van der Waals surface area contributed by atoms with Gasteiger partial charge < -0.3 is 0 Å². The minimum atomic E-state index is -2.72. The van der Waals surface area contributed by atoms with E-state index in [1.807, 2.05) is 17.2 Å². The van der Waals surface area contributed by atoms with Gasteiger partial charge in [0.25, 0.3) is 0 Å². The fourth-order valence-electron chi connectivity index (χ4n) is 7.27. The molecule has 0 unspecified atom stereocenters. The number of nitrogens with zero attached hydrogens (tertiary/aromatic N) is 5. The first-order valence-corrected chi connectivity index (χ1v) is 24.3. The van der Waals surface area contributed by atoms with E-state index in [1.165, 1.54) is 55.4 Å². The summed E-state index contributed by atoms with van der Waals surface area (Å²) in [6.45, 7) is 11.4. The van der Waals surface area contributed by atoms with Crippen LogP contribution >= 0.6 is 0 Å². The van der Waals surface area contributed by atoms with Crippen molar-refractivity contribution in [2.75, 3.05) is 29.9 Å². The standard InChI is InChI=1S/C22H24FN6O.3C4H9.Sn/c1-15-8-11-27(14-15)22(30)25-18-13-24-29-12-9-20(26-21(18)29)28-10-4-7-19(28)16-5-2-3-6-17(16)23;3*1-3-4-2;/h3,5-6,9,12-13,15,19H,4,7-8,10-11,14H2,1H3,(H,25,30);3*1,3-4H2,2H3;/t15-,19+;;;;/m0..../s1. The number of unbranched alkanes of at least 4 members (excludes halogenated alkanes) is 3. The van der Waals surface area contributed by atoms with Crippen molar-refractivity contribution in [3.8, 4) is 0 Å². The van der Waals surface area contributed by atoms with E-state index in [-0.39, 0.29) is 17.9 Å². The zero-order valence-electron chi connectivity index (χ0n) is 26.7. The number of hydrogen-bond acceptors (Lipinski definition) is 4. The van der Waals surface area contributed by atoms with Gasteiger partial charge in [0, 0.05) is 13.1 Å². The van der Waals surface area contributed by atoms with Gasteiger partial charge in [-0.2, -0.15) is 0 Å². The molecule has 2 aliphatic rings. The Morgan fingerprint density at radius 2 is 1.74 bits per heavy atom. The maximum atomic E-state index is 15.8. The Kier molecular flexibility index (Phi) is 10.9. The van der Waals surface area contributed by atoms with E-state index < -0.39 is 18.4 Å². The number of fused-ring (bicyclic) bond motifs is 1. The van der Waals surface area contributed by atoms with Crippen molar-refractivity contribution in [3.63, 3.8) is 0 Å². The SMILES string of the molecule is CCC[CH2][Sn]([CH2]CCC)([CH2]CCC)[c]1ccc(F)c([C@H]2CCCN2c2ccn3ncc(NC(=O)N4CC[C@H](C)C4)c3n2)c1.